The van der Waals surface area contributed by atoms with Gasteiger partial charge in [-0.1, -0.05) is 43.5 Å². The van der Waals surface area contributed by atoms with Crippen LogP contribution in [0.4, 0.5) is 0 Å². The molecule has 2 unspecified atom stereocenters. The average Bonchev–Trinajstić information content (AvgIpc) is 3.42. The summed E-state index contributed by atoms with van der Waals surface area (Å²) in [4.78, 5) is 27.1. The lowest BCUT2D eigenvalue weighted by atomic mass is 9.95. The molecule has 1 N–H and O–H groups in total. The number of hydrogen-bond acceptors (Lipinski definition) is 2. The van der Waals surface area contributed by atoms with Gasteiger partial charge in [0, 0.05) is 19.1 Å². The van der Waals surface area contributed by atoms with E-state index in [1.165, 1.54) is 30.4 Å². The normalized spacial score (nSPS) is 26.6. The van der Waals surface area contributed by atoms with E-state index in [0.29, 0.717) is 12.6 Å². The van der Waals surface area contributed by atoms with Gasteiger partial charge in [-0.15, -0.1) is 0 Å². The molecule has 4 heteroatoms. The van der Waals surface area contributed by atoms with Crippen LogP contribution in [-0.4, -0.2) is 29.3 Å². The number of amides is 2. The summed E-state index contributed by atoms with van der Waals surface area (Å²) in [6.07, 6.45) is 7.56. The molecule has 1 aliphatic heterocycles. The van der Waals surface area contributed by atoms with Crippen molar-refractivity contribution in [3.8, 4) is 0 Å². The van der Waals surface area contributed by atoms with Gasteiger partial charge in [0.15, 0.2) is 0 Å². The molecule has 4 nitrogen and oxygen atoms in total. The van der Waals surface area contributed by atoms with Crippen LogP contribution in [0.15, 0.2) is 24.3 Å². The Hall–Kier alpha value is -1.84. The standard InChI is InChI=1S/C20H26N2O2/c23-19(21-16-8-2-1-3-9-16)17-12-18(17)20(24)22-11-10-14-6-4-5-7-15(14)13-22/h4-7,16-18H,1-3,8-13H2,(H,21,23). The molecule has 3 aliphatic rings. The second-order valence-corrected chi connectivity index (χ2v) is 7.57. The van der Waals surface area contributed by atoms with Gasteiger partial charge in [-0.05, 0) is 36.8 Å². The van der Waals surface area contributed by atoms with Crippen LogP contribution in [0.3, 0.4) is 0 Å². The minimum absolute atomic E-state index is 0.0844. The highest BCUT2D eigenvalue weighted by atomic mass is 16.2. The summed E-state index contributed by atoms with van der Waals surface area (Å²) in [7, 11) is 0. The van der Waals surface area contributed by atoms with Gasteiger partial charge >= 0.3 is 0 Å². The van der Waals surface area contributed by atoms with E-state index in [0.717, 1.165) is 32.2 Å². The number of carbonyl (C=O) groups excluding carboxylic acids is 2. The molecule has 2 saturated carbocycles. The van der Waals surface area contributed by atoms with Gasteiger partial charge < -0.3 is 10.2 Å². The summed E-state index contributed by atoms with van der Waals surface area (Å²) in [5.74, 6) is 0.112. The zero-order chi connectivity index (χ0) is 16.5. The van der Waals surface area contributed by atoms with Crippen molar-refractivity contribution in [3.05, 3.63) is 35.4 Å². The smallest absolute Gasteiger partial charge is 0.226 e. The highest BCUT2D eigenvalue weighted by Crippen LogP contribution is 2.41. The third kappa shape index (κ3) is 3.19. The molecule has 2 aliphatic carbocycles. The van der Waals surface area contributed by atoms with Crippen LogP contribution >= 0.6 is 0 Å². The molecule has 24 heavy (non-hydrogen) atoms. The summed E-state index contributed by atoms with van der Waals surface area (Å²) in [6, 6.07) is 8.68. The van der Waals surface area contributed by atoms with Crippen LogP contribution in [0.25, 0.3) is 0 Å². The number of rotatable bonds is 3. The highest BCUT2D eigenvalue weighted by Gasteiger charge is 2.50. The minimum atomic E-state index is -0.0865. The summed E-state index contributed by atoms with van der Waals surface area (Å²) in [6.45, 7) is 1.48. The Labute approximate surface area is 143 Å². The molecule has 128 valence electrons. The number of nitrogens with zero attached hydrogens (tertiary/aromatic N) is 1. The largest absolute Gasteiger partial charge is 0.353 e. The highest BCUT2D eigenvalue weighted by molar-refractivity contribution is 5.92. The molecule has 1 heterocycles. The number of carbonyl (C=O) groups is 2. The number of fused-ring (bicyclic) bond motifs is 1. The quantitative estimate of drug-likeness (QED) is 0.928. The van der Waals surface area contributed by atoms with Crippen LogP contribution in [0.1, 0.15) is 49.7 Å². The van der Waals surface area contributed by atoms with Crippen LogP contribution in [-0.2, 0) is 22.6 Å². The van der Waals surface area contributed by atoms with Gasteiger partial charge in [-0.3, -0.25) is 9.59 Å². The lowest BCUT2D eigenvalue weighted by Gasteiger charge is -2.29. The molecule has 1 aromatic rings. The fourth-order valence-corrected chi connectivity index (χ4v) is 4.23. The Morgan fingerprint density at radius 3 is 2.54 bits per heavy atom. The predicted molar refractivity (Wildman–Crippen MR) is 92.2 cm³/mol. The van der Waals surface area contributed by atoms with Crippen molar-refractivity contribution in [1.29, 1.82) is 0 Å². The molecule has 2 fully saturated rings. The van der Waals surface area contributed by atoms with Crippen LogP contribution in [0.2, 0.25) is 0 Å². The molecular formula is C20H26N2O2. The molecule has 0 radical (unpaired) electrons. The van der Waals surface area contributed by atoms with Crippen molar-refractivity contribution in [2.45, 2.75) is 57.5 Å². The van der Waals surface area contributed by atoms with Gasteiger partial charge in [0.05, 0.1) is 11.8 Å². The van der Waals surface area contributed by atoms with Crippen molar-refractivity contribution in [2.75, 3.05) is 6.54 Å². The summed E-state index contributed by atoms with van der Waals surface area (Å²) < 4.78 is 0. The Bertz CT molecular complexity index is 636. The maximum atomic E-state index is 12.7. The van der Waals surface area contributed by atoms with Gasteiger partial charge in [0.25, 0.3) is 0 Å². The Morgan fingerprint density at radius 2 is 1.75 bits per heavy atom. The molecule has 0 saturated heterocycles. The average molecular weight is 326 g/mol. The molecule has 4 rings (SSSR count). The second-order valence-electron chi connectivity index (χ2n) is 7.57. The SMILES string of the molecule is O=C(NC1CCCCC1)C1CC1C(=O)N1CCc2ccccc2C1. The minimum Gasteiger partial charge on any atom is -0.353 e. The maximum Gasteiger partial charge on any atom is 0.226 e. The molecule has 0 spiro atoms. The summed E-state index contributed by atoms with van der Waals surface area (Å²) in [5.41, 5.74) is 2.60. The Balaban J connectivity index is 1.31. The Kier molecular flexibility index (Phi) is 4.30. The first-order chi connectivity index (χ1) is 11.7. The summed E-state index contributed by atoms with van der Waals surface area (Å²) in [5, 5.41) is 3.17. The fraction of sp³-hybridized carbons (Fsp3) is 0.600. The van der Waals surface area contributed by atoms with Gasteiger partial charge in [-0.25, -0.2) is 0 Å². The number of nitrogens with one attached hydrogen (secondary N) is 1. The monoisotopic (exact) mass is 326 g/mol. The van der Waals surface area contributed by atoms with Crippen molar-refractivity contribution >= 4 is 11.8 Å². The molecule has 0 aromatic heterocycles. The van der Waals surface area contributed by atoms with E-state index in [1.807, 2.05) is 11.0 Å². The van der Waals surface area contributed by atoms with E-state index in [4.69, 9.17) is 0 Å². The van der Waals surface area contributed by atoms with E-state index < -0.39 is 0 Å². The van der Waals surface area contributed by atoms with Crippen LogP contribution in [0, 0.1) is 11.8 Å². The lowest BCUT2D eigenvalue weighted by molar-refractivity contribution is -0.135. The van der Waals surface area contributed by atoms with E-state index in [2.05, 4.69) is 23.5 Å². The molecule has 1 aromatic carbocycles. The second kappa shape index (κ2) is 6.58. The zero-order valence-electron chi connectivity index (χ0n) is 14.2. The van der Waals surface area contributed by atoms with Crippen molar-refractivity contribution in [2.24, 2.45) is 11.8 Å². The van der Waals surface area contributed by atoms with E-state index in [-0.39, 0.29) is 23.7 Å². The fourth-order valence-electron chi connectivity index (χ4n) is 4.23. The third-order valence-corrected chi connectivity index (χ3v) is 5.84. The molecule has 2 amide bonds. The Morgan fingerprint density at radius 1 is 1.00 bits per heavy atom. The third-order valence-electron chi connectivity index (χ3n) is 5.84. The first-order valence-corrected chi connectivity index (χ1v) is 9.38. The molecule has 0 bridgehead atoms. The van der Waals surface area contributed by atoms with Crippen LogP contribution < -0.4 is 5.32 Å². The lowest BCUT2D eigenvalue weighted by Crippen LogP contribution is -2.40. The molecular weight excluding hydrogens is 300 g/mol. The van der Waals surface area contributed by atoms with E-state index >= 15 is 0 Å². The first-order valence-electron chi connectivity index (χ1n) is 9.38. The molecule has 2 atom stereocenters. The number of hydrogen-bond donors (Lipinski definition) is 1. The van der Waals surface area contributed by atoms with Gasteiger partial charge in [0.1, 0.15) is 0 Å². The predicted octanol–water partition coefficient (Wildman–Crippen LogP) is 2.66. The maximum absolute atomic E-state index is 12.7. The van der Waals surface area contributed by atoms with Gasteiger partial charge in [0.2, 0.25) is 11.8 Å². The van der Waals surface area contributed by atoms with Gasteiger partial charge in [-0.2, -0.15) is 0 Å². The van der Waals surface area contributed by atoms with Crippen molar-refractivity contribution in [3.63, 3.8) is 0 Å². The first kappa shape index (κ1) is 15.7. The van der Waals surface area contributed by atoms with E-state index in [9.17, 15) is 9.59 Å². The number of benzene rings is 1. The van der Waals surface area contributed by atoms with Crippen LogP contribution in [0.5, 0.6) is 0 Å². The topological polar surface area (TPSA) is 49.4 Å². The van der Waals surface area contributed by atoms with E-state index in [1.54, 1.807) is 0 Å². The zero-order valence-corrected chi connectivity index (χ0v) is 14.2. The van der Waals surface area contributed by atoms with Crippen molar-refractivity contribution in [1.82, 2.24) is 10.2 Å². The van der Waals surface area contributed by atoms with Crippen molar-refractivity contribution < 1.29 is 9.59 Å². The summed E-state index contributed by atoms with van der Waals surface area (Å²) >= 11 is 0.